The molecule has 2 aromatic heterocycles. The third-order valence-corrected chi connectivity index (χ3v) is 7.40. The molecule has 1 amide bonds. The van der Waals surface area contributed by atoms with Gasteiger partial charge in [-0.3, -0.25) is 14.2 Å². The zero-order valence-corrected chi connectivity index (χ0v) is 20.0. The maximum Gasteiger partial charge on any atom is 0.274 e. The number of aromatic nitrogens is 3. The molecule has 0 saturated carbocycles. The number of thiazole rings is 1. The van der Waals surface area contributed by atoms with E-state index in [1.807, 2.05) is 26.8 Å². The number of thioether (sulfide) groups is 1. The number of carbonyl (C=O) groups excluding carboxylic acids is 1. The molecular weight excluding hydrogens is 454 g/mol. The number of rotatable bonds is 6. The normalized spacial score (nSPS) is 14.0. The van der Waals surface area contributed by atoms with Crippen molar-refractivity contribution in [1.82, 2.24) is 14.5 Å². The molecule has 3 heterocycles. The summed E-state index contributed by atoms with van der Waals surface area (Å²) in [4.78, 5) is 37.2. The van der Waals surface area contributed by atoms with E-state index in [1.165, 1.54) is 23.1 Å². The van der Waals surface area contributed by atoms with Crippen LogP contribution in [0.15, 0.2) is 28.2 Å². The fourth-order valence-corrected chi connectivity index (χ4v) is 5.59. The molecule has 1 N–H and O–H groups in total. The molecule has 1 aliphatic rings. The number of nitrogens with zero attached hydrogens (tertiary/aromatic N) is 4. The van der Waals surface area contributed by atoms with Crippen LogP contribution in [0.5, 0.6) is 0 Å². The molecule has 0 unspecified atom stereocenters. The number of nitrogens with one attached hydrogen (secondary N) is 1. The van der Waals surface area contributed by atoms with E-state index >= 15 is 0 Å². The molecule has 4 rings (SSSR count). The van der Waals surface area contributed by atoms with Gasteiger partial charge in [-0.25, -0.2) is 4.98 Å². The van der Waals surface area contributed by atoms with Crippen LogP contribution in [-0.2, 0) is 4.79 Å². The van der Waals surface area contributed by atoms with Gasteiger partial charge in [-0.15, -0.1) is 0 Å². The van der Waals surface area contributed by atoms with E-state index in [0.717, 1.165) is 36.6 Å². The quantitative estimate of drug-likeness (QED) is 0.408. The SMILES string of the molecule is Cc1ccc(Cl)cc1NC(=O)CSc1nc2nc(N3CCCC3)sc2c(=O)n1C(C)C. The number of aryl methyl sites for hydroxylation is 1. The first-order valence-corrected chi connectivity index (χ1v) is 12.4. The number of hydrogen-bond donors (Lipinski definition) is 1. The molecule has 1 fully saturated rings. The largest absolute Gasteiger partial charge is 0.348 e. The summed E-state index contributed by atoms with van der Waals surface area (Å²) in [6, 6.07) is 5.29. The topological polar surface area (TPSA) is 80.1 Å². The summed E-state index contributed by atoms with van der Waals surface area (Å²) in [5.41, 5.74) is 1.97. The first kappa shape index (κ1) is 22.1. The average Bonchev–Trinajstić information content (AvgIpc) is 3.38. The molecule has 7 nitrogen and oxygen atoms in total. The molecule has 0 atom stereocenters. The Morgan fingerprint density at radius 2 is 2.03 bits per heavy atom. The van der Waals surface area contributed by atoms with Crippen molar-refractivity contribution < 1.29 is 4.79 Å². The lowest BCUT2D eigenvalue weighted by Gasteiger charge is -2.14. The summed E-state index contributed by atoms with van der Waals surface area (Å²) < 4.78 is 2.22. The van der Waals surface area contributed by atoms with Gasteiger partial charge in [0.05, 0.1) is 5.75 Å². The highest BCUT2D eigenvalue weighted by molar-refractivity contribution is 7.99. The third-order valence-electron chi connectivity index (χ3n) is 5.12. The van der Waals surface area contributed by atoms with Crippen LogP contribution in [0.1, 0.15) is 38.3 Å². The zero-order chi connectivity index (χ0) is 22.1. The van der Waals surface area contributed by atoms with E-state index in [-0.39, 0.29) is 23.3 Å². The predicted octanol–water partition coefficient (Wildman–Crippen LogP) is 4.73. The fourth-order valence-electron chi connectivity index (χ4n) is 3.50. The van der Waals surface area contributed by atoms with Crippen LogP contribution in [0, 0.1) is 6.92 Å². The smallest absolute Gasteiger partial charge is 0.274 e. The van der Waals surface area contributed by atoms with Crippen molar-refractivity contribution in [3.05, 3.63) is 39.1 Å². The first-order valence-electron chi connectivity index (χ1n) is 10.2. The van der Waals surface area contributed by atoms with E-state index in [1.54, 1.807) is 16.7 Å². The fraction of sp³-hybridized carbons (Fsp3) is 0.429. The maximum atomic E-state index is 13.2. The number of benzene rings is 1. The minimum Gasteiger partial charge on any atom is -0.348 e. The van der Waals surface area contributed by atoms with Gasteiger partial charge in [-0.05, 0) is 51.3 Å². The monoisotopic (exact) mass is 477 g/mol. The zero-order valence-electron chi connectivity index (χ0n) is 17.6. The van der Waals surface area contributed by atoms with Crippen LogP contribution in [-0.4, -0.2) is 39.3 Å². The molecule has 3 aromatic rings. The van der Waals surface area contributed by atoms with Crippen molar-refractivity contribution in [3.63, 3.8) is 0 Å². The number of anilines is 2. The summed E-state index contributed by atoms with van der Waals surface area (Å²) in [5, 5.41) is 4.80. The summed E-state index contributed by atoms with van der Waals surface area (Å²) in [6.07, 6.45) is 2.28. The Balaban J connectivity index is 1.58. The molecule has 0 aliphatic carbocycles. The van der Waals surface area contributed by atoms with Gasteiger partial charge in [0, 0.05) is 29.8 Å². The summed E-state index contributed by atoms with van der Waals surface area (Å²) in [7, 11) is 0. The second kappa shape index (κ2) is 9.18. The van der Waals surface area contributed by atoms with E-state index in [2.05, 4.69) is 20.2 Å². The highest BCUT2D eigenvalue weighted by Gasteiger charge is 2.22. The number of halogens is 1. The Kier molecular flexibility index (Phi) is 6.55. The second-order valence-electron chi connectivity index (χ2n) is 7.80. The lowest BCUT2D eigenvalue weighted by Crippen LogP contribution is -2.25. The van der Waals surface area contributed by atoms with Crippen molar-refractivity contribution >= 4 is 61.8 Å². The molecule has 1 saturated heterocycles. The number of amides is 1. The number of carbonyl (C=O) groups is 1. The van der Waals surface area contributed by atoms with Gasteiger partial charge in [-0.1, -0.05) is 40.8 Å². The minimum absolute atomic E-state index is 0.0810. The summed E-state index contributed by atoms with van der Waals surface area (Å²) >= 11 is 8.69. The van der Waals surface area contributed by atoms with Crippen molar-refractivity contribution in [2.24, 2.45) is 0 Å². The Bertz CT molecular complexity index is 1180. The van der Waals surface area contributed by atoms with Crippen LogP contribution in [0.4, 0.5) is 10.8 Å². The van der Waals surface area contributed by atoms with E-state index in [9.17, 15) is 9.59 Å². The first-order chi connectivity index (χ1) is 14.8. The van der Waals surface area contributed by atoms with Crippen LogP contribution in [0.2, 0.25) is 5.02 Å². The van der Waals surface area contributed by atoms with E-state index < -0.39 is 0 Å². The molecule has 31 heavy (non-hydrogen) atoms. The molecule has 164 valence electrons. The van der Waals surface area contributed by atoms with E-state index in [4.69, 9.17) is 11.6 Å². The van der Waals surface area contributed by atoms with Gasteiger partial charge < -0.3 is 10.2 Å². The Labute approximate surface area is 193 Å². The number of hydrogen-bond acceptors (Lipinski definition) is 7. The van der Waals surface area contributed by atoms with Gasteiger partial charge in [0.1, 0.15) is 4.70 Å². The van der Waals surface area contributed by atoms with Crippen LogP contribution in [0.25, 0.3) is 10.3 Å². The van der Waals surface area contributed by atoms with Crippen LogP contribution in [0.3, 0.4) is 0 Å². The average molecular weight is 478 g/mol. The number of fused-ring (bicyclic) bond motifs is 1. The highest BCUT2D eigenvalue weighted by atomic mass is 35.5. The third kappa shape index (κ3) is 4.73. The van der Waals surface area contributed by atoms with Gasteiger partial charge in [0.2, 0.25) is 5.91 Å². The molecule has 0 radical (unpaired) electrons. The van der Waals surface area contributed by atoms with Crippen molar-refractivity contribution in [2.75, 3.05) is 29.1 Å². The van der Waals surface area contributed by atoms with Crippen molar-refractivity contribution in [1.29, 1.82) is 0 Å². The molecule has 0 bridgehead atoms. The second-order valence-corrected chi connectivity index (χ2v) is 10.2. The lowest BCUT2D eigenvalue weighted by atomic mass is 10.2. The molecular formula is C21H24ClN5O2S2. The minimum atomic E-state index is -0.184. The van der Waals surface area contributed by atoms with Crippen LogP contribution >= 0.6 is 34.7 Å². The van der Waals surface area contributed by atoms with Crippen molar-refractivity contribution in [2.45, 2.75) is 44.8 Å². The molecule has 10 heteroatoms. The van der Waals surface area contributed by atoms with Gasteiger partial charge in [0.15, 0.2) is 15.9 Å². The molecule has 1 aliphatic heterocycles. The lowest BCUT2D eigenvalue weighted by molar-refractivity contribution is -0.113. The van der Waals surface area contributed by atoms with Gasteiger partial charge in [-0.2, -0.15) is 4.98 Å². The molecule has 1 aromatic carbocycles. The Morgan fingerprint density at radius 3 is 2.74 bits per heavy atom. The summed E-state index contributed by atoms with van der Waals surface area (Å²) in [5.74, 6) is -0.0595. The Hall–Kier alpha value is -2.10. The van der Waals surface area contributed by atoms with E-state index in [0.29, 0.717) is 26.2 Å². The molecule has 0 spiro atoms. The predicted molar refractivity (Wildman–Crippen MR) is 129 cm³/mol. The Morgan fingerprint density at radius 1 is 1.29 bits per heavy atom. The van der Waals surface area contributed by atoms with Gasteiger partial charge in [0.25, 0.3) is 5.56 Å². The summed E-state index contributed by atoms with van der Waals surface area (Å²) in [6.45, 7) is 7.71. The van der Waals surface area contributed by atoms with Crippen LogP contribution < -0.4 is 15.8 Å². The van der Waals surface area contributed by atoms with Gasteiger partial charge >= 0.3 is 0 Å². The highest BCUT2D eigenvalue weighted by Crippen LogP contribution is 2.30. The van der Waals surface area contributed by atoms with Crippen molar-refractivity contribution in [3.8, 4) is 0 Å². The maximum absolute atomic E-state index is 13.2. The standard InChI is InChI=1S/C21H24ClN5O2S2/c1-12(2)27-19(29)17-18(24-20(31-17)26-8-4-5-9-26)25-21(27)30-11-16(28)23-15-10-14(22)7-6-13(15)3/h6-7,10,12H,4-5,8-9,11H2,1-3H3,(H,23,28).